The fourth-order valence-electron chi connectivity index (χ4n) is 9.89. The molecule has 6 heteroatoms. The second kappa shape index (κ2) is 68.8. The molecule has 0 fully saturated rings. The lowest BCUT2D eigenvalue weighted by molar-refractivity contribution is -0.167. The number of ether oxygens (including phenoxy) is 3. The number of hydrogen-bond acceptors (Lipinski definition) is 6. The Morgan fingerprint density at radius 3 is 0.778 bits per heavy atom. The lowest BCUT2D eigenvalue weighted by atomic mass is 10.0. The Labute approximate surface area is 502 Å². The molecule has 466 valence electrons. The number of rotatable bonds is 63. The third-order valence-corrected chi connectivity index (χ3v) is 15.1. The van der Waals surface area contributed by atoms with E-state index in [2.05, 4.69) is 118 Å². The van der Waals surface area contributed by atoms with Crippen molar-refractivity contribution >= 4 is 17.9 Å². The molecule has 81 heavy (non-hydrogen) atoms. The van der Waals surface area contributed by atoms with Gasteiger partial charge in [-0.3, -0.25) is 14.4 Å². The highest BCUT2D eigenvalue weighted by molar-refractivity contribution is 5.71. The van der Waals surface area contributed by atoms with Crippen LogP contribution in [0.15, 0.2) is 97.2 Å². The number of unbranched alkanes of at least 4 members (excludes halogenated alkanes) is 36. The van der Waals surface area contributed by atoms with Crippen LogP contribution in [0.5, 0.6) is 0 Å². The van der Waals surface area contributed by atoms with E-state index in [0.29, 0.717) is 19.3 Å². The first-order valence-corrected chi connectivity index (χ1v) is 34.7. The molecule has 0 rings (SSSR count). The maximum atomic E-state index is 13.0. The number of carbonyl (C=O) groups is 3. The molecule has 0 saturated carbocycles. The molecule has 0 aliphatic heterocycles. The molecule has 1 unspecified atom stereocenters. The lowest BCUT2D eigenvalue weighted by Gasteiger charge is -2.18. The van der Waals surface area contributed by atoms with E-state index in [0.717, 1.165) is 116 Å². The van der Waals surface area contributed by atoms with Crippen LogP contribution in [0, 0.1) is 0 Å². The van der Waals surface area contributed by atoms with E-state index in [-0.39, 0.29) is 31.1 Å². The van der Waals surface area contributed by atoms with E-state index in [1.165, 1.54) is 186 Å². The van der Waals surface area contributed by atoms with Crippen molar-refractivity contribution < 1.29 is 28.6 Å². The number of carbonyl (C=O) groups excluding carboxylic acids is 3. The molecule has 0 heterocycles. The zero-order chi connectivity index (χ0) is 58.5. The summed E-state index contributed by atoms with van der Waals surface area (Å²) in [6, 6.07) is 0. The second-order valence-corrected chi connectivity index (χ2v) is 23.1. The molecule has 0 amide bonds. The van der Waals surface area contributed by atoms with Crippen LogP contribution in [0.2, 0.25) is 0 Å². The zero-order valence-corrected chi connectivity index (χ0v) is 53.5. The van der Waals surface area contributed by atoms with E-state index in [4.69, 9.17) is 14.2 Å². The first kappa shape index (κ1) is 77.3. The Hall–Kier alpha value is -3.67. The normalized spacial score (nSPS) is 12.7. The third-order valence-electron chi connectivity index (χ3n) is 15.1. The molecule has 0 spiro atoms. The smallest absolute Gasteiger partial charge is 0.306 e. The summed E-state index contributed by atoms with van der Waals surface area (Å²) in [7, 11) is 0. The Bertz CT molecular complexity index is 1580. The Morgan fingerprint density at radius 1 is 0.259 bits per heavy atom. The Morgan fingerprint density at radius 2 is 0.481 bits per heavy atom. The summed E-state index contributed by atoms with van der Waals surface area (Å²) in [5.74, 6) is -0.883. The number of esters is 3. The van der Waals surface area contributed by atoms with E-state index in [1.807, 2.05) is 0 Å². The fraction of sp³-hybridized carbons (Fsp3) is 0.747. The average molecular weight is 1130 g/mol. The maximum Gasteiger partial charge on any atom is 0.306 e. The van der Waals surface area contributed by atoms with Gasteiger partial charge in [0.15, 0.2) is 6.10 Å². The summed E-state index contributed by atoms with van der Waals surface area (Å²) >= 11 is 0. The first-order valence-electron chi connectivity index (χ1n) is 34.7. The van der Waals surface area contributed by atoms with Crippen molar-refractivity contribution in [1.82, 2.24) is 0 Å². The van der Waals surface area contributed by atoms with Crippen molar-refractivity contribution in [3.05, 3.63) is 97.2 Å². The highest BCUT2D eigenvalue weighted by Gasteiger charge is 2.19. The minimum Gasteiger partial charge on any atom is -0.462 e. The van der Waals surface area contributed by atoms with Gasteiger partial charge in [-0.25, -0.2) is 0 Å². The van der Waals surface area contributed by atoms with Gasteiger partial charge in [-0.05, 0) is 103 Å². The molecular formula is C75H130O6. The van der Waals surface area contributed by atoms with Gasteiger partial charge in [-0.1, -0.05) is 317 Å². The van der Waals surface area contributed by atoms with Crippen LogP contribution in [0.1, 0.15) is 342 Å². The summed E-state index contributed by atoms with van der Waals surface area (Å²) in [5.41, 5.74) is 0. The molecule has 0 aromatic carbocycles. The van der Waals surface area contributed by atoms with E-state index < -0.39 is 6.10 Å². The monoisotopic (exact) mass is 1130 g/mol. The molecule has 1 atom stereocenters. The number of hydrogen-bond donors (Lipinski definition) is 0. The molecule has 0 saturated heterocycles. The van der Waals surface area contributed by atoms with Gasteiger partial charge in [-0.15, -0.1) is 0 Å². The van der Waals surface area contributed by atoms with Gasteiger partial charge in [0.1, 0.15) is 13.2 Å². The van der Waals surface area contributed by atoms with Crippen LogP contribution >= 0.6 is 0 Å². The third kappa shape index (κ3) is 67.0. The summed E-state index contributed by atoms with van der Waals surface area (Å²) in [5, 5.41) is 0. The highest BCUT2D eigenvalue weighted by atomic mass is 16.6. The van der Waals surface area contributed by atoms with Gasteiger partial charge >= 0.3 is 17.9 Å². The Kier molecular flexibility index (Phi) is 65.7. The van der Waals surface area contributed by atoms with Gasteiger partial charge in [-0.2, -0.15) is 0 Å². The standard InChI is InChI=1S/C75H130O6/c1-4-7-10-13-16-19-22-25-28-31-34-35-36-37-38-39-42-44-47-50-53-56-59-62-65-68-74(77)80-71-72(81-75(78)69-66-63-60-57-54-51-48-45-41-33-30-27-24-21-18-15-12-9-6-3)70-79-73(76)67-64-61-58-55-52-49-46-43-40-32-29-26-23-20-17-14-11-8-5-2/h7,10,16,18-19,21,25,27-28,30,34-35,37-38,42,44,72H,4-6,8-9,11-15,17,20,22-24,26,29,31-33,36,39-41,43,45-71H2,1-3H3/b10-7-,19-16-,21-18-,28-25-,30-27-,35-34-,38-37-,44-42-. The van der Waals surface area contributed by atoms with Crippen LogP contribution in [-0.4, -0.2) is 37.2 Å². The minimum absolute atomic E-state index is 0.0810. The van der Waals surface area contributed by atoms with Crippen molar-refractivity contribution in [1.29, 1.82) is 0 Å². The molecular weight excluding hydrogens is 997 g/mol. The molecule has 6 nitrogen and oxygen atoms in total. The van der Waals surface area contributed by atoms with E-state index in [9.17, 15) is 14.4 Å². The summed E-state index contributed by atoms with van der Waals surface area (Å²) in [6.07, 6.45) is 92.7. The van der Waals surface area contributed by atoms with Crippen molar-refractivity contribution in [3.8, 4) is 0 Å². The van der Waals surface area contributed by atoms with E-state index >= 15 is 0 Å². The fourth-order valence-corrected chi connectivity index (χ4v) is 9.89. The summed E-state index contributed by atoms with van der Waals surface area (Å²) in [4.78, 5) is 38.5. The van der Waals surface area contributed by atoms with Crippen LogP contribution in [-0.2, 0) is 28.6 Å². The first-order chi connectivity index (χ1) is 40.0. The predicted octanol–water partition coefficient (Wildman–Crippen LogP) is 24.0. The summed E-state index contributed by atoms with van der Waals surface area (Å²) in [6.45, 7) is 6.54. The lowest BCUT2D eigenvalue weighted by Crippen LogP contribution is -2.30. The molecule has 0 aromatic rings. The van der Waals surface area contributed by atoms with Crippen molar-refractivity contribution in [2.24, 2.45) is 0 Å². The van der Waals surface area contributed by atoms with Crippen LogP contribution in [0.4, 0.5) is 0 Å². The second-order valence-electron chi connectivity index (χ2n) is 23.1. The van der Waals surface area contributed by atoms with Crippen LogP contribution < -0.4 is 0 Å². The van der Waals surface area contributed by atoms with Gasteiger partial charge in [0, 0.05) is 19.3 Å². The SMILES string of the molecule is CC/C=C\C/C=C\C/C=C\C/C=C\C/C=C\C/C=C\CCCCCCCCC(=O)OCC(COC(=O)CCCCCCCCCCCCCCCCCCCCC)OC(=O)CCCCCCCCCCC/C=C\C/C=C\CCCCC. The topological polar surface area (TPSA) is 78.9 Å². The largest absolute Gasteiger partial charge is 0.462 e. The van der Waals surface area contributed by atoms with Crippen molar-refractivity contribution in [2.75, 3.05) is 13.2 Å². The van der Waals surface area contributed by atoms with Gasteiger partial charge in [0.05, 0.1) is 0 Å². The maximum absolute atomic E-state index is 13.0. The molecule has 0 aliphatic rings. The minimum atomic E-state index is -0.788. The quantitative estimate of drug-likeness (QED) is 0.0261. The van der Waals surface area contributed by atoms with Crippen LogP contribution in [0.25, 0.3) is 0 Å². The Balaban J connectivity index is 4.40. The summed E-state index contributed by atoms with van der Waals surface area (Å²) < 4.78 is 17.0. The van der Waals surface area contributed by atoms with Gasteiger partial charge in [0.2, 0.25) is 0 Å². The van der Waals surface area contributed by atoms with Gasteiger partial charge in [0.25, 0.3) is 0 Å². The molecule has 0 N–H and O–H groups in total. The zero-order valence-electron chi connectivity index (χ0n) is 53.5. The molecule has 0 aromatic heterocycles. The van der Waals surface area contributed by atoms with Gasteiger partial charge < -0.3 is 14.2 Å². The number of allylic oxidation sites excluding steroid dienone is 16. The van der Waals surface area contributed by atoms with Crippen LogP contribution in [0.3, 0.4) is 0 Å². The predicted molar refractivity (Wildman–Crippen MR) is 353 cm³/mol. The highest BCUT2D eigenvalue weighted by Crippen LogP contribution is 2.17. The van der Waals surface area contributed by atoms with Crippen molar-refractivity contribution in [2.45, 2.75) is 348 Å². The average Bonchev–Trinajstić information content (AvgIpc) is 3.47. The van der Waals surface area contributed by atoms with E-state index in [1.54, 1.807) is 0 Å². The molecule has 0 bridgehead atoms. The molecule has 0 radical (unpaired) electrons. The molecule has 0 aliphatic carbocycles. The van der Waals surface area contributed by atoms with Crippen molar-refractivity contribution in [3.63, 3.8) is 0 Å².